The number of rotatable bonds is 0. The summed E-state index contributed by atoms with van der Waals surface area (Å²) in [6, 6.07) is 0. The van der Waals surface area contributed by atoms with Crippen LogP contribution in [0.5, 0.6) is 0 Å². The molecule has 0 aliphatic carbocycles. The van der Waals surface area contributed by atoms with E-state index in [1.54, 1.807) is 0 Å². The Morgan fingerprint density at radius 3 is 1.17 bits per heavy atom. The second kappa shape index (κ2) is 9.53. The minimum atomic E-state index is 0.380. The van der Waals surface area contributed by atoms with Crippen LogP contribution in [0.25, 0.3) is 0 Å². The topological polar surface area (TPSA) is 0 Å². The first-order chi connectivity index (χ1) is 2.73. The van der Waals surface area contributed by atoms with E-state index in [2.05, 4.69) is 45.2 Å². The van der Waals surface area contributed by atoms with Crippen LogP contribution >= 0.6 is 18.0 Å². The first kappa shape index (κ1) is 10.3. The Hall–Kier alpha value is 1.24. The summed E-state index contributed by atoms with van der Waals surface area (Å²) in [6.07, 6.45) is 0. The van der Waals surface area contributed by atoms with E-state index in [0.29, 0.717) is 7.92 Å². The normalized spacial score (nSPS) is 7.00. The van der Waals surface area contributed by atoms with Crippen molar-refractivity contribution < 1.29 is 15.1 Å². The van der Waals surface area contributed by atoms with Crippen LogP contribution < -0.4 is 0 Å². The second-order valence-electron chi connectivity index (χ2n) is 1.34. The van der Waals surface area contributed by atoms with Gasteiger partial charge in [-0.25, -0.2) is 0 Å². The molecule has 0 unspecified atom stereocenters. The van der Waals surface area contributed by atoms with Gasteiger partial charge < -0.3 is 0 Å². The second-order valence-corrected chi connectivity index (χ2v) is 4.02. The maximum atomic E-state index is 4.39. The average Bonchev–Trinajstić information content (AvgIpc) is 1.41. The number of halogens is 1. The summed E-state index contributed by atoms with van der Waals surface area (Å²) in [5, 5.41) is 0. The predicted octanol–water partition coefficient (Wildman–Crippen LogP) is 2.04. The molecule has 0 atom stereocenters. The van der Waals surface area contributed by atoms with E-state index < -0.39 is 0 Å². The molecule has 3 heteroatoms. The minimum absolute atomic E-state index is 0.380. The summed E-state index contributed by atoms with van der Waals surface area (Å²) in [6.45, 7) is 6.69. The summed E-state index contributed by atoms with van der Waals surface area (Å²) in [4.78, 5) is 0. The SMILES string of the molecule is CP(C)C.[Cl][Fe]. The molecule has 0 aromatic rings. The van der Waals surface area contributed by atoms with E-state index in [9.17, 15) is 0 Å². The molecule has 0 aliphatic rings. The van der Waals surface area contributed by atoms with E-state index in [1.165, 1.54) is 0 Å². The summed E-state index contributed by atoms with van der Waals surface area (Å²) >= 11 is 2.72. The first-order valence-corrected chi connectivity index (χ1v) is 5.68. The van der Waals surface area contributed by atoms with Crippen molar-refractivity contribution in [1.82, 2.24) is 0 Å². The van der Waals surface area contributed by atoms with E-state index >= 15 is 0 Å². The van der Waals surface area contributed by atoms with Crippen LogP contribution in [0.3, 0.4) is 0 Å². The molecule has 0 aromatic heterocycles. The van der Waals surface area contributed by atoms with Crippen molar-refractivity contribution in [1.29, 1.82) is 0 Å². The quantitative estimate of drug-likeness (QED) is 0.383. The van der Waals surface area contributed by atoms with Crippen LogP contribution in [-0.4, -0.2) is 20.0 Å². The Morgan fingerprint density at radius 2 is 1.17 bits per heavy atom. The fourth-order valence-corrected chi connectivity index (χ4v) is 0. The van der Waals surface area contributed by atoms with Gasteiger partial charge in [-0.2, -0.15) is 0 Å². The molecule has 41 valence electrons. The fourth-order valence-electron chi connectivity index (χ4n) is 0. The Bertz CT molecular complexity index is 15.5. The van der Waals surface area contributed by atoms with Gasteiger partial charge in [0, 0.05) is 0 Å². The monoisotopic (exact) mass is 167 g/mol. The van der Waals surface area contributed by atoms with Crippen LogP contribution in [0.15, 0.2) is 0 Å². The third kappa shape index (κ3) is 61.3. The maximum absolute atomic E-state index is 4.39. The van der Waals surface area contributed by atoms with Crippen molar-refractivity contribution in [3.63, 3.8) is 0 Å². The van der Waals surface area contributed by atoms with Crippen molar-refractivity contribution in [2.24, 2.45) is 0 Å². The number of hydrogen-bond acceptors (Lipinski definition) is 0. The third-order valence-electron chi connectivity index (χ3n) is 0. The standard InChI is InChI=1S/C3H9P.ClH.Fe/c1-4(2)3;;/h1-3H3;1H;/q;;+1/p-1. The molecular formula is C3H9ClFeP. The van der Waals surface area contributed by atoms with Crippen molar-refractivity contribution in [2.75, 3.05) is 20.0 Å². The Kier molecular flexibility index (Phi) is 16.3. The van der Waals surface area contributed by atoms with Gasteiger partial charge in [0.25, 0.3) is 0 Å². The summed E-state index contributed by atoms with van der Waals surface area (Å²) in [5.41, 5.74) is 0. The molecule has 0 aromatic carbocycles. The van der Waals surface area contributed by atoms with E-state index in [1.807, 2.05) is 0 Å². The summed E-state index contributed by atoms with van der Waals surface area (Å²) in [5.74, 6) is 0. The molecule has 0 aliphatic heterocycles. The Labute approximate surface area is 53.4 Å². The first-order valence-electron chi connectivity index (χ1n) is 1.48. The number of hydrogen-bond donors (Lipinski definition) is 0. The zero-order valence-corrected chi connectivity index (χ0v) is 6.93. The van der Waals surface area contributed by atoms with Gasteiger partial charge in [-0.1, -0.05) is 0 Å². The van der Waals surface area contributed by atoms with Gasteiger partial charge in [-0.05, 0) is 20.0 Å². The van der Waals surface area contributed by atoms with Gasteiger partial charge in [0.1, 0.15) is 0 Å². The molecule has 0 N–H and O–H groups in total. The molecule has 0 radical (unpaired) electrons. The molecule has 0 amide bonds. The van der Waals surface area contributed by atoms with Crippen LogP contribution in [0, 0.1) is 0 Å². The molecule has 0 fully saturated rings. The van der Waals surface area contributed by atoms with E-state index in [0.717, 1.165) is 0 Å². The summed E-state index contributed by atoms with van der Waals surface area (Å²) < 4.78 is 0. The average molecular weight is 167 g/mol. The molecule has 0 heterocycles. The molecule has 0 rings (SSSR count). The van der Waals surface area contributed by atoms with Crippen LogP contribution in [0.2, 0.25) is 0 Å². The molecule has 0 saturated carbocycles. The zero-order chi connectivity index (χ0) is 5.58. The Morgan fingerprint density at radius 1 is 1.17 bits per heavy atom. The van der Waals surface area contributed by atoms with E-state index in [4.69, 9.17) is 0 Å². The van der Waals surface area contributed by atoms with Gasteiger partial charge in [0.05, 0.1) is 0 Å². The van der Waals surface area contributed by atoms with Crippen LogP contribution in [0.4, 0.5) is 0 Å². The van der Waals surface area contributed by atoms with Gasteiger partial charge in [0.15, 0.2) is 0 Å². The molecule has 0 nitrogen and oxygen atoms in total. The molecular weight excluding hydrogens is 158 g/mol. The van der Waals surface area contributed by atoms with Crippen molar-refractivity contribution >= 4 is 18.0 Å². The molecule has 0 saturated heterocycles. The zero-order valence-electron chi connectivity index (χ0n) is 4.18. The third-order valence-corrected chi connectivity index (χ3v) is 0. The van der Waals surface area contributed by atoms with Gasteiger partial charge in [0.2, 0.25) is 0 Å². The van der Waals surface area contributed by atoms with Crippen LogP contribution in [-0.2, 0) is 15.1 Å². The van der Waals surface area contributed by atoms with Gasteiger partial charge in [-0.15, -0.1) is 7.92 Å². The van der Waals surface area contributed by atoms with Gasteiger partial charge >= 0.3 is 25.2 Å². The molecule has 0 bridgehead atoms. The van der Waals surface area contributed by atoms with Crippen molar-refractivity contribution in [2.45, 2.75) is 0 Å². The molecule has 6 heavy (non-hydrogen) atoms. The van der Waals surface area contributed by atoms with Gasteiger partial charge in [-0.3, -0.25) is 0 Å². The van der Waals surface area contributed by atoms with Crippen molar-refractivity contribution in [3.8, 4) is 0 Å². The Balaban J connectivity index is 0. The summed E-state index contributed by atoms with van der Waals surface area (Å²) in [7, 11) is 4.77. The van der Waals surface area contributed by atoms with Crippen LogP contribution in [0.1, 0.15) is 0 Å². The van der Waals surface area contributed by atoms with E-state index in [-0.39, 0.29) is 0 Å². The predicted molar refractivity (Wildman–Crippen MR) is 30.5 cm³/mol. The molecule has 0 spiro atoms. The van der Waals surface area contributed by atoms with Crippen molar-refractivity contribution in [3.05, 3.63) is 0 Å². The fraction of sp³-hybridized carbons (Fsp3) is 1.00.